The third kappa shape index (κ3) is 7.14. The zero-order valence-electron chi connectivity index (χ0n) is 24.3. The largest absolute Gasteiger partial charge is 0.497 e. The molecule has 0 spiro atoms. The van der Waals surface area contributed by atoms with Crippen LogP contribution in [0.3, 0.4) is 0 Å². The third-order valence-corrected chi connectivity index (χ3v) is 8.87. The first kappa shape index (κ1) is 30.7. The molecule has 0 saturated carbocycles. The summed E-state index contributed by atoms with van der Waals surface area (Å²) in [6.07, 6.45) is 0.718. The second kappa shape index (κ2) is 13.6. The van der Waals surface area contributed by atoms with Gasteiger partial charge in [0.05, 0.1) is 17.7 Å². The van der Waals surface area contributed by atoms with Crippen LogP contribution in [0.15, 0.2) is 77.7 Å². The Morgan fingerprint density at radius 2 is 1.67 bits per heavy atom. The number of rotatable bonds is 12. The maximum atomic E-state index is 14.1. The summed E-state index contributed by atoms with van der Waals surface area (Å²) < 4.78 is 45.6. The van der Waals surface area contributed by atoms with E-state index in [1.807, 2.05) is 19.9 Å². The molecule has 3 aromatic carbocycles. The van der Waals surface area contributed by atoms with E-state index in [1.54, 1.807) is 68.6 Å². The molecule has 0 bridgehead atoms. The van der Waals surface area contributed by atoms with E-state index in [0.29, 0.717) is 30.5 Å². The van der Waals surface area contributed by atoms with Crippen molar-refractivity contribution in [2.24, 2.45) is 0 Å². The summed E-state index contributed by atoms with van der Waals surface area (Å²) in [7, 11) is -2.65. The van der Waals surface area contributed by atoms with Crippen LogP contribution in [0.2, 0.25) is 0 Å². The van der Waals surface area contributed by atoms with Crippen molar-refractivity contribution >= 4 is 27.5 Å². The van der Waals surface area contributed by atoms with Gasteiger partial charge in [-0.05, 0) is 62.2 Å². The maximum absolute atomic E-state index is 14.1. The SMILES string of the molecule is CCC(C)NC(=O)C(C)N(Cc1cccc(OC)c1)C(=O)CN(c1ccc2c(c1)OCCO2)S(=O)(=O)c1ccccc1. The summed E-state index contributed by atoms with van der Waals surface area (Å²) in [4.78, 5) is 28.7. The standard InChI is InChI=1S/C31H37N3O7S/c1-5-22(2)32-31(36)23(3)33(20-24-10-9-11-26(18-24)39-4)30(35)21-34(42(37,38)27-12-7-6-8-13-27)25-14-15-28-29(19-25)41-17-16-40-28/h6-15,18-19,22-23H,5,16-17,20-21H2,1-4H3,(H,32,36). The molecular formula is C31H37N3O7S. The van der Waals surface area contributed by atoms with E-state index in [0.717, 1.165) is 16.3 Å². The molecule has 1 aliphatic heterocycles. The summed E-state index contributed by atoms with van der Waals surface area (Å²) in [5.41, 5.74) is 0.956. The summed E-state index contributed by atoms with van der Waals surface area (Å²) in [5, 5.41) is 2.93. The molecule has 1 N–H and O–H groups in total. The summed E-state index contributed by atoms with van der Waals surface area (Å²) >= 11 is 0. The topological polar surface area (TPSA) is 114 Å². The molecular weight excluding hydrogens is 558 g/mol. The number of nitrogens with one attached hydrogen (secondary N) is 1. The van der Waals surface area contributed by atoms with Gasteiger partial charge in [-0.1, -0.05) is 37.3 Å². The van der Waals surface area contributed by atoms with Crippen molar-refractivity contribution < 1.29 is 32.2 Å². The average Bonchev–Trinajstić information content (AvgIpc) is 3.02. The molecule has 10 nitrogen and oxygen atoms in total. The van der Waals surface area contributed by atoms with E-state index in [1.165, 1.54) is 17.0 Å². The lowest BCUT2D eigenvalue weighted by molar-refractivity contribution is -0.139. The molecule has 42 heavy (non-hydrogen) atoms. The Hall–Kier alpha value is -4.25. The van der Waals surface area contributed by atoms with Crippen molar-refractivity contribution in [1.29, 1.82) is 0 Å². The number of nitrogens with zero attached hydrogens (tertiary/aromatic N) is 2. The van der Waals surface area contributed by atoms with E-state index in [-0.39, 0.29) is 29.1 Å². The molecule has 1 heterocycles. The molecule has 0 aromatic heterocycles. The minimum atomic E-state index is -4.19. The van der Waals surface area contributed by atoms with Gasteiger partial charge in [-0.15, -0.1) is 0 Å². The predicted molar refractivity (Wildman–Crippen MR) is 159 cm³/mol. The number of carbonyl (C=O) groups excluding carboxylic acids is 2. The van der Waals surface area contributed by atoms with E-state index >= 15 is 0 Å². The third-order valence-electron chi connectivity index (χ3n) is 7.08. The lowest BCUT2D eigenvalue weighted by atomic mass is 10.1. The molecule has 2 amide bonds. The highest BCUT2D eigenvalue weighted by atomic mass is 32.2. The first-order chi connectivity index (χ1) is 20.1. The molecule has 0 fully saturated rings. The summed E-state index contributed by atoms with van der Waals surface area (Å²) in [6, 6.07) is 18.8. The van der Waals surface area contributed by atoms with E-state index in [9.17, 15) is 18.0 Å². The fourth-order valence-electron chi connectivity index (χ4n) is 4.45. The van der Waals surface area contributed by atoms with Crippen LogP contribution in [0.5, 0.6) is 17.2 Å². The highest BCUT2D eigenvalue weighted by Gasteiger charge is 2.33. The minimum Gasteiger partial charge on any atom is -0.497 e. The van der Waals surface area contributed by atoms with Crippen LogP contribution in [-0.2, 0) is 26.2 Å². The van der Waals surface area contributed by atoms with E-state index in [4.69, 9.17) is 14.2 Å². The van der Waals surface area contributed by atoms with Crippen molar-refractivity contribution in [3.05, 3.63) is 78.4 Å². The Kier molecular flexibility index (Phi) is 9.95. The Balaban J connectivity index is 1.73. The van der Waals surface area contributed by atoms with Gasteiger partial charge < -0.3 is 24.4 Å². The van der Waals surface area contributed by atoms with Gasteiger partial charge in [-0.25, -0.2) is 8.42 Å². The Morgan fingerprint density at radius 3 is 2.36 bits per heavy atom. The normalized spacial score (nSPS) is 13.9. The van der Waals surface area contributed by atoms with Gasteiger partial charge in [-0.2, -0.15) is 0 Å². The second-order valence-electron chi connectivity index (χ2n) is 10.0. The highest BCUT2D eigenvalue weighted by Crippen LogP contribution is 2.36. The van der Waals surface area contributed by atoms with Gasteiger partial charge in [0.2, 0.25) is 11.8 Å². The zero-order chi connectivity index (χ0) is 30.3. The molecule has 2 atom stereocenters. The fourth-order valence-corrected chi connectivity index (χ4v) is 5.88. The van der Waals surface area contributed by atoms with Gasteiger partial charge >= 0.3 is 0 Å². The number of ether oxygens (including phenoxy) is 3. The fraction of sp³-hybridized carbons (Fsp3) is 0.355. The van der Waals surface area contributed by atoms with Crippen LogP contribution in [-0.4, -0.2) is 64.1 Å². The number of hydrogen-bond donors (Lipinski definition) is 1. The van der Waals surface area contributed by atoms with Gasteiger partial charge in [-0.3, -0.25) is 13.9 Å². The highest BCUT2D eigenvalue weighted by molar-refractivity contribution is 7.92. The van der Waals surface area contributed by atoms with Crippen molar-refractivity contribution in [2.75, 3.05) is 31.2 Å². The minimum absolute atomic E-state index is 0.0228. The first-order valence-electron chi connectivity index (χ1n) is 13.8. The lowest BCUT2D eigenvalue weighted by Gasteiger charge is -2.32. The number of hydrogen-bond acceptors (Lipinski definition) is 7. The number of amides is 2. The summed E-state index contributed by atoms with van der Waals surface area (Å²) in [5.74, 6) is 0.579. The van der Waals surface area contributed by atoms with E-state index in [2.05, 4.69) is 5.32 Å². The van der Waals surface area contributed by atoms with Crippen molar-refractivity contribution in [3.63, 3.8) is 0 Å². The van der Waals surface area contributed by atoms with Crippen molar-refractivity contribution in [3.8, 4) is 17.2 Å². The Labute approximate surface area is 247 Å². The zero-order valence-corrected chi connectivity index (χ0v) is 25.1. The molecule has 2 unspecified atom stereocenters. The quantitative estimate of drug-likeness (QED) is 0.337. The molecule has 0 radical (unpaired) electrons. The number of methoxy groups -OCH3 is 1. The van der Waals surface area contributed by atoms with Crippen LogP contribution >= 0.6 is 0 Å². The molecule has 11 heteroatoms. The molecule has 3 aromatic rings. The molecule has 4 rings (SSSR count). The Bertz CT molecular complexity index is 1500. The van der Waals surface area contributed by atoms with Gasteiger partial charge in [0.15, 0.2) is 11.5 Å². The number of anilines is 1. The molecule has 0 aliphatic carbocycles. The molecule has 224 valence electrons. The van der Waals surface area contributed by atoms with Crippen LogP contribution < -0.4 is 23.8 Å². The number of carbonyl (C=O) groups is 2. The average molecular weight is 596 g/mol. The van der Waals surface area contributed by atoms with Crippen molar-refractivity contribution in [2.45, 2.75) is 50.7 Å². The monoisotopic (exact) mass is 595 g/mol. The van der Waals surface area contributed by atoms with Crippen LogP contribution in [0.4, 0.5) is 5.69 Å². The predicted octanol–water partition coefficient (Wildman–Crippen LogP) is 3.99. The first-order valence-corrected chi connectivity index (χ1v) is 15.3. The Morgan fingerprint density at radius 1 is 0.952 bits per heavy atom. The van der Waals surface area contributed by atoms with Crippen LogP contribution in [0.1, 0.15) is 32.8 Å². The van der Waals surface area contributed by atoms with Gasteiger partial charge in [0.25, 0.3) is 10.0 Å². The smallest absolute Gasteiger partial charge is 0.264 e. The number of benzene rings is 3. The number of sulfonamides is 1. The lowest BCUT2D eigenvalue weighted by Crippen LogP contribution is -2.52. The van der Waals surface area contributed by atoms with Crippen molar-refractivity contribution in [1.82, 2.24) is 10.2 Å². The molecule has 1 aliphatic rings. The summed E-state index contributed by atoms with van der Waals surface area (Å²) in [6.45, 7) is 5.68. The van der Waals surface area contributed by atoms with Crippen LogP contribution in [0, 0.1) is 0 Å². The molecule has 0 saturated heterocycles. The van der Waals surface area contributed by atoms with E-state index < -0.39 is 28.5 Å². The second-order valence-corrected chi connectivity index (χ2v) is 11.9. The van der Waals surface area contributed by atoms with Crippen LogP contribution in [0.25, 0.3) is 0 Å². The van der Waals surface area contributed by atoms with Gasteiger partial charge in [0.1, 0.15) is 31.5 Å². The number of fused-ring (bicyclic) bond motifs is 1. The maximum Gasteiger partial charge on any atom is 0.264 e. The van der Waals surface area contributed by atoms with Gasteiger partial charge in [0, 0.05) is 18.7 Å².